The van der Waals surface area contributed by atoms with Crippen molar-refractivity contribution in [3.63, 3.8) is 0 Å². The zero-order valence-electron chi connectivity index (χ0n) is 21.5. The van der Waals surface area contributed by atoms with Crippen LogP contribution in [0.1, 0.15) is 58.9 Å². The summed E-state index contributed by atoms with van der Waals surface area (Å²) in [6.07, 6.45) is 0.259. The molecule has 4 rings (SSSR count). The molecule has 39 heavy (non-hydrogen) atoms. The topological polar surface area (TPSA) is 83.1 Å². The number of hydrogen-bond acceptors (Lipinski definition) is 6. The molecule has 210 valence electrons. The molecule has 0 aliphatic carbocycles. The third-order valence-electron chi connectivity index (χ3n) is 7.10. The molecule has 3 heterocycles. The normalized spacial score (nSPS) is 19.0. The summed E-state index contributed by atoms with van der Waals surface area (Å²) >= 11 is 5.83. The molecule has 0 saturated carbocycles. The molecular weight excluding hydrogens is 537 g/mol. The molecule has 1 atom stereocenters. The van der Waals surface area contributed by atoms with Gasteiger partial charge >= 0.3 is 12.1 Å². The molecule has 0 N–H and O–H groups in total. The van der Waals surface area contributed by atoms with Gasteiger partial charge in [0, 0.05) is 43.0 Å². The van der Waals surface area contributed by atoms with E-state index in [1.54, 1.807) is 4.90 Å². The van der Waals surface area contributed by atoms with Crippen molar-refractivity contribution in [2.75, 3.05) is 26.2 Å². The highest BCUT2D eigenvalue weighted by Gasteiger charge is 2.43. The molecule has 0 radical (unpaired) electrons. The summed E-state index contributed by atoms with van der Waals surface area (Å²) in [6.45, 7) is 5.23. The van der Waals surface area contributed by atoms with Gasteiger partial charge in [-0.05, 0) is 80.1 Å². The number of hydroxylamine groups is 2. The fourth-order valence-electron chi connectivity index (χ4n) is 5.08. The summed E-state index contributed by atoms with van der Waals surface area (Å²) in [5.41, 5.74) is 0.600. The monoisotopic (exact) mass is 566 g/mol. The highest BCUT2D eigenvalue weighted by molar-refractivity contribution is 6.29. The van der Waals surface area contributed by atoms with Gasteiger partial charge in [-0.3, -0.25) is 14.5 Å². The SMILES string of the molecule is CC1CCCN(C2CCN(C(=O)c3ccc(C(=O)N(Cc4ccnc(Cl)c4)OC(=O)C(F)(F)F)cc3)CC2)C1. The van der Waals surface area contributed by atoms with E-state index in [0.29, 0.717) is 41.2 Å². The number of hydrogen-bond donors (Lipinski definition) is 0. The van der Waals surface area contributed by atoms with Crippen molar-refractivity contribution in [1.29, 1.82) is 0 Å². The van der Waals surface area contributed by atoms with Crippen molar-refractivity contribution < 1.29 is 32.4 Å². The second kappa shape index (κ2) is 12.3. The Bertz CT molecular complexity index is 1190. The second-order valence-corrected chi connectivity index (χ2v) is 10.4. The highest BCUT2D eigenvalue weighted by atomic mass is 35.5. The molecule has 2 aliphatic heterocycles. The quantitative estimate of drug-likeness (QED) is 0.384. The van der Waals surface area contributed by atoms with Crippen molar-refractivity contribution in [3.8, 4) is 0 Å². The first-order valence-electron chi connectivity index (χ1n) is 12.9. The number of piperidine rings is 2. The molecular formula is C27H30ClF3N4O4. The van der Waals surface area contributed by atoms with Gasteiger partial charge in [0.2, 0.25) is 0 Å². The number of likely N-dealkylation sites (tertiary alicyclic amines) is 2. The van der Waals surface area contributed by atoms with E-state index in [9.17, 15) is 27.6 Å². The van der Waals surface area contributed by atoms with Gasteiger partial charge in [0.1, 0.15) is 5.15 Å². The van der Waals surface area contributed by atoms with E-state index in [1.165, 1.54) is 55.4 Å². The van der Waals surface area contributed by atoms with Crippen molar-refractivity contribution in [3.05, 3.63) is 64.4 Å². The van der Waals surface area contributed by atoms with Gasteiger partial charge in [-0.2, -0.15) is 18.2 Å². The fourth-order valence-corrected chi connectivity index (χ4v) is 5.27. The van der Waals surface area contributed by atoms with Crippen molar-refractivity contribution in [2.45, 2.75) is 51.4 Å². The van der Waals surface area contributed by atoms with Crippen LogP contribution < -0.4 is 0 Å². The van der Waals surface area contributed by atoms with Crippen LogP contribution in [0.4, 0.5) is 13.2 Å². The van der Waals surface area contributed by atoms with Crippen molar-refractivity contribution in [1.82, 2.24) is 19.8 Å². The smallest absolute Gasteiger partial charge is 0.339 e. The molecule has 2 fully saturated rings. The van der Waals surface area contributed by atoms with Crippen LogP contribution in [0.15, 0.2) is 42.6 Å². The van der Waals surface area contributed by atoms with Gasteiger partial charge in [0.05, 0.1) is 6.54 Å². The maximum absolute atomic E-state index is 13.1. The number of alkyl halides is 3. The van der Waals surface area contributed by atoms with Crippen LogP contribution in [0, 0.1) is 5.92 Å². The summed E-state index contributed by atoms with van der Waals surface area (Å²) in [5.74, 6) is -3.01. The van der Waals surface area contributed by atoms with Gasteiger partial charge in [0.25, 0.3) is 11.8 Å². The molecule has 1 aromatic heterocycles. The summed E-state index contributed by atoms with van der Waals surface area (Å²) in [6, 6.07) is 8.76. The number of carbonyl (C=O) groups excluding carboxylic acids is 3. The Kier molecular flexibility index (Phi) is 9.12. The molecule has 8 nitrogen and oxygen atoms in total. The Labute approximate surface area is 229 Å². The van der Waals surface area contributed by atoms with E-state index in [1.807, 2.05) is 0 Å². The number of aromatic nitrogens is 1. The zero-order chi connectivity index (χ0) is 28.2. The number of benzene rings is 1. The Hall–Kier alpha value is -3.18. The predicted octanol–water partition coefficient (Wildman–Crippen LogP) is 4.73. The number of amides is 2. The standard InChI is InChI=1S/C27H30ClF3N4O4/c1-18-3-2-12-34(16-18)22-9-13-33(14-10-22)24(36)20-4-6-21(7-5-20)25(37)35(39-26(38)27(29,30)31)17-19-8-11-32-23(28)15-19/h4-8,11,15,18,22H,2-3,9-10,12-14,16-17H2,1H3. The van der Waals surface area contributed by atoms with E-state index in [-0.39, 0.29) is 16.6 Å². The Morgan fingerprint density at radius 2 is 1.72 bits per heavy atom. The number of pyridine rings is 1. The third kappa shape index (κ3) is 7.48. The molecule has 2 amide bonds. The highest BCUT2D eigenvalue weighted by Crippen LogP contribution is 2.25. The average molecular weight is 567 g/mol. The van der Waals surface area contributed by atoms with Crippen LogP contribution in [0.5, 0.6) is 0 Å². The average Bonchev–Trinajstić information content (AvgIpc) is 2.91. The number of carbonyl (C=O) groups is 3. The lowest BCUT2D eigenvalue weighted by Gasteiger charge is -2.41. The van der Waals surface area contributed by atoms with Crippen molar-refractivity contribution in [2.24, 2.45) is 5.92 Å². The maximum atomic E-state index is 13.1. The Balaban J connectivity index is 1.41. The predicted molar refractivity (Wildman–Crippen MR) is 137 cm³/mol. The molecule has 0 bridgehead atoms. The van der Waals surface area contributed by atoms with Crippen LogP contribution in [-0.4, -0.2) is 76.0 Å². The van der Waals surface area contributed by atoms with E-state index < -0.39 is 24.6 Å². The first-order valence-corrected chi connectivity index (χ1v) is 13.2. The summed E-state index contributed by atoms with van der Waals surface area (Å²) < 4.78 is 38.6. The summed E-state index contributed by atoms with van der Waals surface area (Å²) in [7, 11) is 0. The number of nitrogens with zero attached hydrogens (tertiary/aromatic N) is 4. The number of rotatable bonds is 5. The van der Waals surface area contributed by atoms with Crippen LogP contribution in [0.2, 0.25) is 5.15 Å². The lowest BCUT2D eigenvalue weighted by atomic mass is 9.95. The Morgan fingerprint density at radius 1 is 1.05 bits per heavy atom. The van der Waals surface area contributed by atoms with Gasteiger partial charge in [-0.25, -0.2) is 9.78 Å². The van der Waals surface area contributed by atoms with Crippen LogP contribution in [0.25, 0.3) is 0 Å². The minimum absolute atomic E-state index is 0.0550. The van der Waals surface area contributed by atoms with Crippen LogP contribution in [0.3, 0.4) is 0 Å². The van der Waals surface area contributed by atoms with Gasteiger partial charge in [-0.1, -0.05) is 18.5 Å². The largest absolute Gasteiger partial charge is 0.493 e. The van der Waals surface area contributed by atoms with Crippen molar-refractivity contribution >= 4 is 29.4 Å². The van der Waals surface area contributed by atoms with E-state index in [0.717, 1.165) is 25.9 Å². The van der Waals surface area contributed by atoms with E-state index in [4.69, 9.17) is 11.6 Å². The minimum atomic E-state index is -5.30. The molecule has 1 aromatic carbocycles. The van der Waals surface area contributed by atoms with Crippen LogP contribution in [-0.2, 0) is 16.2 Å². The van der Waals surface area contributed by atoms with Gasteiger partial charge < -0.3 is 9.74 Å². The van der Waals surface area contributed by atoms with Gasteiger partial charge in [0.15, 0.2) is 0 Å². The van der Waals surface area contributed by atoms with Crippen LogP contribution >= 0.6 is 11.6 Å². The molecule has 2 aliphatic rings. The van der Waals surface area contributed by atoms with Gasteiger partial charge in [-0.15, -0.1) is 0 Å². The first-order chi connectivity index (χ1) is 18.5. The minimum Gasteiger partial charge on any atom is -0.339 e. The molecule has 2 aromatic rings. The first kappa shape index (κ1) is 28.8. The molecule has 2 saturated heterocycles. The third-order valence-corrected chi connectivity index (χ3v) is 7.31. The summed E-state index contributed by atoms with van der Waals surface area (Å²) in [4.78, 5) is 50.1. The second-order valence-electron chi connectivity index (χ2n) is 10.0. The van der Waals surface area contributed by atoms with E-state index in [2.05, 4.69) is 21.6 Å². The molecule has 12 heteroatoms. The zero-order valence-corrected chi connectivity index (χ0v) is 22.2. The van der Waals surface area contributed by atoms with E-state index >= 15 is 0 Å². The lowest BCUT2D eigenvalue weighted by Crippen LogP contribution is -2.49. The lowest BCUT2D eigenvalue weighted by molar-refractivity contribution is -0.230. The fraction of sp³-hybridized carbons (Fsp3) is 0.481. The molecule has 0 spiro atoms. The molecule has 1 unspecified atom stereocenters. The summed E-state index contributed by atoms with van der Waals surface area (Å²) in [5, 5.41) is 0.365. The maximum Gasteiger partial charge on any atom is 0.493 e. The number of halogens is 4. The Morgan fingerprint density at radius 3 is 2.33 bits per heavy atom.